The summed E-state index contributed by atoms with van der Waals surface area (Å²) in [6, 6.07) is 1.46. The first-order chi connectivity index (χ1) is 7.63. The summed E-state index contributed by atoms with van der Waals surface area (Å²) < 4.78 is 80.3. The highest BCUT2D eigenvalue weighted by Crippen LogP contribution is 2.37. The first-order valence-corrected chi connectivity index (χ1v) is 4.14. The van der Waals surface area contributed by atoms with E-state index in [9.17, 15) is 26.3 Å². The minimum atomic E-state index is -4.99. The van der Waals surface area contributed by atoms with Crippen molar-refractivity contribution >= 4 is 0 Å². The molecule has 1 rings (SSSR count). The van der Waals surface area contributed by atoms with Crippen molar-refractivity contribution in [1.29, 1.82) is 0 Å². The molecule has 0 aromatic heterocycles. The van der Waals surface area contributed by atoms with Crippen LogP contribution in [0.2, 0.25) is 0 Å². The Bertz CT molecular complexity index is 395. The topological polar surface area (TPSA) is 18.5 Å². The normalized spacial score (nSPS) is 12.4. The number of hydrogen-bond acceptors (Lipinski definition) is 2. The summed E-state index contributed by atoms with van der Waals surface area (Å²) in [5.41, 5.74) is -1.12. The van der Waals surface area contributed by atoms with Crippen molar-refractivity contribution in [3.8, 4) is 11.5 Å². The second-order valence-electron chi connectivity index (χ2n) is 2.91. The van der Waals surface area contributed by atoms with Gasteiger partial charge in [0.15, 0.2) is 11.5 Å². The Kier molecular flexibility index (Phi) is 3.44. The lowest BCUT2D eigenvalue weighted by Crippen LogP contribution is -2.18. The van der Waals surface area contributed by atoms with E-state index in [2.05, 4.69) is 9.47 Å². The van der Waals surface area contributed by atoms with E-state index >= 15 is 0 Å². The molecule has 1 aromatic rings. The van der Waals surface area contributed by atoms with Crippen molar-refractivity contribution in [2.75, 3.05) is 7.11 Å². The van der Waals surface area contributed by atoms with E-state index in [1.165, 1.54) is 0 Å². The van der Waals surface area contributed by atoms with E-state index in [4.69, 9.17) is 0 Å². The molecule has 0 heterocycles. The fourth-order valence-electron chi connectivity index (χ4n) is 1.05. The van der Waals surface area contributed by atoms with Crippen LogP contribution in [0.25, 0.3) is 0 Å². The largest absolute Gasteiger partial charge is 0.573 e. The second kappa shape index (κ2) is 4.34. The number of methoxy groups -OCH3 is 1. The summed E-state index contributed by atoms with van der Waals surface area (Å²) in [7, 11) is 0.943. The maximum Gasteiger partial charge on any atom is 0.573 e. The molecule has 8 heteroatoms. The molecule has 0 bridgehead atoms. The second-order valence-corrected chi connectivity index (χ2v) is 2.91. The molecule has 0 radical (unpaired) electrons. The molecule has 0 aliphatic rings. The molecule has 0 unspecified atom stereocenters. The van der Waals surface area contributed by atoms with Crippen LogP contribution in [0.5, 0.6) is 11.5 Å². The van der Waals surface area contributed by atoms with Crippen molar-refractivity contribution in [2.24, 2.45) is 0 Å². The highest BCUT2D eigenvalue weighted by atomic mass is 19.4. The van der Waals surface area contributed by atoms with Gasteiger partial charge in [-0.25, -0.2) is 0 Å². The average Bonchev–Trinajstić information content (AvgIpc) is 2.14. The van der Waals surface area contributed by atoms with Crippen LogP contribution in [-0.2, 0) is 6.18 Å². The molecule has 96 valence electrons. The lowest BCUT2D eigenvalue weighted by molar-refractivity contribution is -0.275. The van der Waals surface area contributed by atoms with E-state index < -0.39 is 29.6 Å². The molecular formula is C9H6F6O2. The average molecular weight is 260 g/mol. The van der Waals surface area contributed by atoms with Gasteiger partial charge in [0.1, 0.15) is 0 Å². The van der Waals surface area contributed by atoms with E-state index in [0.29, 0.717) is 18.2 Å². The Morgan fingerprint density at radius 3 is 1.94 bits per heavy atom. The summed E-state index contributed by atoms with van der Waals surface area (Å²) in [6.07, 6.45) is -9.66. The molecule has 1 aromatic carbocycles. The highest BCUT2D eigenvalue weighted by Gasteiger charge is 2.35. The van der Waals surface area contributed by atoms with Crippen LogP contribution in [0.1, 0.15) is 5.56 Å². The SMILES string of the molecule is COc1cc(C(F)(F)F)ccc1OC(F)(F)F. The van der Waals surface area contributed by atoms with Crippen molar-refractivity contribution < 1.29 is 35.8 Å². The zero-order valence-electron chi connectivity index (χ0n) is 8.32. The van der Waals surface area contributed by atoms with Crippen LogP contribution in [0.4, 0.5) is 26.3 Å². The van der Waals surface area contributed by atoms with Gasteiger partial charge >= 0.3 is 12.5 Å². The number of ether oxygens (including phenoxy) is 2. The number of benzene rings is 1. The van der Waals surface area contributed by atoms with Gasteiger partial charge in [-0.05, 0) is 18.2 Å². The van der Waals surface area contributed by atoms with Crippen LogP contribution in [-0.4, -0.2) is 13.5 Å². The first-order valence-electron chi connectivity index (χ1n) is 4.14. The molecule has 2 nitrogen and oxygen atoms in total. The van der Waals surface area contributed by atoms with Crippen molar-refractivity contribution in [3.63, 3.8) is 0 Å². The van der Waals surface area contributed by atoms with Crippen molar-refractivity contribution in [1.82, 2.24) is 0 Å². The number of alkyl halides is 6. The Hall–Kier alpha value is -1.60. The fraction of sp³-hybridized carbons (Fsp3) is 0.333. The predicted octanol–water partition coefficient (Wildman–Crippen LogP) is 3.61. The molecule has 0 aliphatic heterocycles. The van der Waals surface area contributed by atoms with Gasteiger partial charge in [0.25, 0.3) is 0 Å². The van der Waals surface area contributed by atoms with Gasteiger partial charge in [0.05, 0.1) is 12.7 Å². The molecule has 0 saturated carbocycles. The van der Waals surface area contributed by atoms with Crippen LogP contribution >= 0.6 is 0 Å². The van der Waals surface area contributed by atoms with Crippen LogP contribution in [0.15, 0.2) is 18.2 Å². The predicted molar refractivity (Wildman–Crippen MR) is 44.7 cm³/mol. The lowest BCUT2D eigenvalue weighted by Gasteiger charge is -2.14. The molecule has 0 aliphatic carbocycles. The van der Waals surface area contributed by atoms with Gasteiger partial charge < -0.3 is 9.47 Å². The van der Waals surface area contributed by atoms with Crippen molar-refractivity contribution in [3.05, 3.63) is 23.8 Å². The third-order valence-electron chi connectivity index (χ3n) is 1.72. The molecule has 0 N–H and O–H groups in total. The van der Waals surface area contributed by atoms with Gasteiger partial charge in [-0.15, -0.1) is 13.2 Å². The summed E-state index contributed by atoms with van der Waals surface area (Å²) in [6.45, 7) is 0. The Morgan fingerprint density at radius 1 is 0.941 bits per heavy atom. The van der Waals surface area contributed by atoms with Crippen LogP contribution in [0, 0.1) is 0 Å². The third kappa shape index (κ3) is 3.72. The lowest BCUT2D eigenvalue weighted by atomic mass is 10.2. The molecule has 0 saturated heterocycles. The van der Waals surface area contributed by atoms with E-state index in [-0.39, 0.29) is 0 Å². The van der Waals surface area contributed by atoms with E-state index in [1.54, 1.807) is 0 Å². The standard InChI is InChI=1S/C9H6F6O2/c1-16-7-4-5(8(10,11)12)2-3-6(7)17-9(13,14)15/h2-4H,1H3. The van der Waals surface area contributed by atoms with Gasteiger partial charge in [0.2, 0.25) is 0 Å². The summed E-state index contributed by atoms with van der Waals surface area (Å²) in [4.78, 5) is 0. The molecule has 0 spiro atoms. The molecule has 17 heavy (non-hydrogen) atoms. The minimum Gasteiger partial charge on any atom is -0.493 e. The first kappa shape index (κ1) is 13.5. The smallest absolute Gasteiger partial charge is 0.493 e. The van der Waals surface area contributed by atoms with Crippen LogP contribution in [0.3, 0.4) is 0 Å². The fourth-order valence-corrected chi connectivity index (χ4v) is 1.05. The maximum atomic E-state index is 12.3. The summed E-state index contributed by atoms with van der Waals surface area (Å²) in [5.74, 6) is -1.47. The Morgan fingerprint density at radius 2 is 1.53 bits per heavy atom. The summed E-state index contributed by atoms with van der Waals surface area (Å²) in [5, 5.41) is 0. The van der Waals surface area contributed by atoms with E-state index in [0.717, 1.165) is 7.11 Å². The summed E-state index contributed by atoms with van der Waals surface area (Å²) >= 11 is 0. The van der Waals surface area contributed by atoms with Gasteiger partial charge in [-0.2, -0.15) is 13.2 Å². The number of hydrogen-bond donors (Lipinski definition) is 0. The number of halogens is 6. The quantitative estimate of drug-likeness (QED) is 0.756. The van der Waals surface area contributed by atoms with Gasteiger partial charge in [-0.3, -0.25) is 0 Å². The highest BCUT2D eigenvalue weighted by molar-refractivity contribution is 5.43. The Labute approximate surface area is 91.7 Å². The molecular weight excluding hydrogens is 254 g/mol. The van der Waals surface area contributed by atoms with E-state index in [1.807, 2.05) is 0 Å². The molecule has 0 fully saturated rings. The third-order valence-corrected chi connectivity index (χ3v) is 1.72. The minimum absolute atomic E-state index is 0.432. The molecule has 0 amide bonds. The monoisotopic (exact) mass is 260 g/mol. The Balaban J connectivity index is 3.10. The zero-order chi connectivity index (χ0) is 13.3. The van der Waals surface area contributed by atoms with Gasteiger partial charge in [0, 0.05) is 0 Å². The zero-order valence-corrected chi connectivity index (χ0v) is 8.32. The maximum absolute atomic E-state index is 12.3. The van der Waals surface area contributed by atoms with Crippen molar-refractivity contribution in [2.45, 2.75) is 12.5 Å². The molecule has 0 atom stereocenters. The number of rotatable bonds is 2. The van der Waals surface area contributed by atoms with Crippen LogP contribution < -0.4 is 9.47 Å². The van der Waals surface area contributed by atoms with Gasteiger partial charge in [-0.1, -0.05) is 0 Å².